The van der Waals surface area contributed by atoms with Gasteiger partial charge in [0.25, 0.3) is 0 Å². The van der Waals surface area contributed by atoms with Crippen molar-refractivity contribution in [1.29, 1.82) is 0 Å². The minimum absolute atomic E-state index is 0.121. The number of amides is 2. The minimum Gasteiger partial charge on any atom is -0.494 e. The van der Waals surface area contributed by atoms with Crippen molar-refractivity contribution < 1.29 is 19.1 Å². The van der Waals surface area contributed by atoms with Crippen LogP contribution in [0.1, 0.15) is 17.9 Å². The number of rotatable bonds is 4. The molecule has 5 nitrogen and oxygen atoms in total. The number of hydrogen-bond acceptors (Lipinski definition) is 3. The molecule has 0 saturated heterocycles. The van der Waals surface area contributed by atoms with Crippen LogP contribution in [0.15, 0.2) is 18.2 Å². The maximum Gasteiger partial charge on any atom is 0.338 e. The molecule has 1 aromatic carbocycles. The Morgan fingerprint density at radius 1 is 1.67 bits per heavy atom. The molecule has 1 fully saturated rings. The van der Waals surface area contributed by atoms with Gasteiger partial charge in [-0.2, -0.15) is 0 Å². The number of hydrogen-bond donors (Lipinski definition) is 2. The Hall–Kier alpha value is -1.82. The molecule has 6 heteroatoms. The maximum absolute atomic E-state index is 13.5. The van der Waals surface area contributed by atoms with Crippen molar-refractivity contribution in [2.75, 3.05) is 13.7 Å². The lowest BCUT2D eigenvalue weighted by molar-refractivity contribution is -0.0431. The van der Waals surface area contributed by atoms with Crippen LogP contribution in [-0.2, 0) is 0 Å². The van der Waals surface area contributed by atoms with Gasteiger partial charge in [0.15, 0.2) is 11.6 Å². The molecule has 0 aromatic heterocycles. The van der Waals surface area contributed by atoms with Gasteiger partial charge in [0.05, 0.1) is 13.7 Å². The summed E-state index contributed by atoms with van der Waals surface area (Å²) in [5.41, 5.74) is 5.76. The summed E-state index contributed by atoms with van der Waals surface area (Å²) in [5.74, 6) is 0.0722. The minimum atomic E-state index is -0.874. The summed E-state index contributed by atoms with van der Waals surface area (Å²) in [4.78, 5) is 10.7. The van der Waals surface area contributed by atoms with Crippen molar-refractivity contribution in [2.24, 2.45) is 11.7 Å². The molecule has 1 aliphatic carbocycles. The number of nitrogens with zero attached hydrogens (tertiary/aromatic N) is 1. The van der Waals surface area contributed by atoms with Crippen LogP contribution in [0.25, 0.3) is 0 Å². The molecule has 1 aromatic rings. The standard InChI is InChI=1S/C12H15FN2O3/c1-18-11-3-2-7(5-10(11)13)9-4-8(9)6-15(17)12(14)16/h2-3,5,8-9,17H,4,6H2,1H3,(H2,14,16)/t8-,9-/m0/s1. The fourth-order valence-electron chi connectivity index (χ4n) is 2.08. The van der Waals surface area contributed by atoms with E-state index in [1.54, 1.807) is 12.1 Å². The molecule has 0 radical (unpaired) electrons. The molecule has 0 spiro atoms. The predicted octanol–water partition coefficient (Wildman–Crippen LogP) is 1.71. The number of urea groups is 1. The molecule has 1 saturated carbocycles. The second kappa shape index (κ2) is 4.81. The first-order valence-electron chi connectivity index (χ1n) is 5.62. The van der Waals surface area contributed by atoms with Crippen LogP contribution in [-0.4, -0.2) is 30.0 Å². The highest BCUT2D eigenvalue weighted by Crippen LogP contribution is 2.48. The number of benzene rings is 1. The zero-order valence-corrected chi connectivity index (χ0v) is 9.97. The summed E-state index contributed by atoms with van der Waals surface area (Å²) in [5, 5.41) is 9.69. The lowest BCUT2D eigenvalue weighted by Crippen LogP contribution is -2.34. The van der Waals surface area contributed by atoms with E-state index in [1.807, 2.05) is 0 Å². The maximum atomic E-state index is 13.5. The van der Waals surface area contributed by atoms with E-state index in [4.69, 9.17) is 10.5 Å². The topological polar surface area (TPSA) is 75.8 Å². The van der Waals surface area contributed by atoms with Crippen molar-refractivity contribution >= 4 is 6.03 Å². The lowest BCUT2D eigenvalue weighted by atomic mass is 10.1. The molecule has 0 heterocycles. The highest BCUT2D eigenvalue weighted by molar-refractivity contribution is 5.70. The second-order valence-electron chi connectivity index (χ2n) is 4.42. The molecule has 18 heavy (non-hydrogen) atoms. The number of nitrogens with two attached hydrogens (primary N) is 1. The van der Waals surface area contributed by atoms with E-state index in [9.17, 15) is 14.4 Å². The molecule has 1 aliphatic rings. The van der Waals surface area contributed by atoms with Crippen molar-refractivity contribution in [3.63, 3.8) is 0 Å². The van der Waals surface area contributed by atoms with Gasteiger partial charge in [-0.3, -0.25) is 5.21 Å². The summed E-state index contributed by atoms with van der Waals surface area (Å²) in [6.07, 6.45) is 0.802. The van der Waals surface area contributed by atoms with Gasteiger partial charge in [0.2, 0.25) is 0 Å². The van der Waals surface area contributed by atoms with Crippen LogP contribution in [0.2, 0.25) is 0 Å². The third-order valence-corrected chi connectivity index (χ3v) is 3.19. The fourth-order valence-corrected chi connectivity index (χ4v) is 2.08. The second-order valence-corrected chi connectivity index (χ2v) is 4.42. The number of carbonyl (C=O) groups excluding carboxylic acids is 1. The van der Waals surface area contributed by atoms with Crippen LogP contribution >= 0.6 is 0 Å². The largest absolute Gasteiger partial charge is 0.494 e. The zero-order chi connectivity index (χ0) is 13.3. The molecule has 3 N–H and O–H groups in total. The van der Waals surface area contributed by atoms with Gasteiger partial charge in [-0.1, -0.05) is 6.07 Å². The van der Waals surface area contributed by atoms with Gasteiger partial charge in [0.1, 0.15) is 0 Å². The Morgan fingerprint density at radius 3 is 2.94 bits per heavy atom. The van der Waals surface area contributed by atoms with Crippen molar-refractivity contribution in [2.45, 2.75) is 12.3 Å². The fraction of sp³-hybridized carbons (Fsp3) is 0.417. The van der Waals surface area contributed by atoms with Crippen LogP contribution < -0.4 is 10.5 Å². The summed E-state index contributed by atoms with van der Waals surface area (Å²) in [6, 6.07) is 3.92. The average molecular weight is 254 g/mol. The normalized spacial score (nSPS) is 21.5. The summed E-state index contributed by atoms with van der Waals surface area (Å²) >= 11 is 0. The van der Waals surface area contributed by atoms with Crippen LogP contribution in [0, 0.1) is 11.7 Å². The van der Waals surface area contributed by atoms with E-state index in [0.29, 0.717) is 5.06 Å². The highest BCUT2D eigenvalue weighted by atomic mass is 19.1. The molecule has 2 amide bonds. The van der Waals surface area contributed by atoms with E-state index in [0.717, 1.165) is 12.0 Å². The SMILES string of the molecule is COc1ccc([C@@H]2C[C@H]2CN(O)C(N)=O)cc1F. The summed E-state index contributed by atoms with van der Waals surface area (Å²) in [6.45, 7) is 0.174. The van der Waals surface area contributed by atoms with E-state index in [2.05, 4.69) is 0 Å². The first kappa shape index (κ1) is 12.6. The first-order valence-corrected chi connectivity index (χ1v) is 5.62. The number of carbonyl (C=O) groups is 1. The van der Waals surface area contributed by atoms with Crippen LogP contribution in [0.3, 0.4) is 0 Å². The van der Waals surface area contributed by atoms with Gasteiger partial charge in [-0.25, -0.2) is 14.2 Å². The third kappa shape index (κ3) is 2.53. The number of ether oxygens (including phenoxy) is 1. The Balaban J connectivity index is 1.99. The lowest BCUT2D eigenvalue weighted by Gasteiger charge is -2.11. The molecule has 98 valence electrons. The number of hydroxylamine groups is 2. The quantitative estimate of drug-likeness (QED) is 0.634. The van der Waals surface area contributed by atoms with Crippen LogP contribution in [0.4, 0.5) is 9.18 Å². The molecular weight excluding hydrogens is 239 g/mol. The Bertz CT molecular complexity index is 467. The molecule has 0 bridgehead atoms. The molecule has 0 unspecified atom stereocenters. The van der Waals surface area contributed by atoms with E-state index in [-0.39, 0.29) is 24.1 Å². The molecule has 2 rings (SSSR count). The highest BCUT2D eigenvalue weighted by Gasteiger charge is 2.40. The smallest absolute Gasteiger partial charge is 0.338 e. The predicted molar refractivity (Wildman–Crippen MR) is 61.9 cm³/mol. The van der Waals surface area contributed by atoms with Gasteiger partial charge >= 0.3 is 6.03 Å². The summed E-state index contributed by atoms with van der Waals surface area (Å²) in [7, 11) is 1.41. The van der Waals surface area contributed by atoms with Crippen molar-refractivity contribution in [1.82, 2.24) is 5.06 Å². The monoisotopic (exact) mass is 254 g/mol. The van der Waals surface area contributed by atoms with Gasteiger partial charge in [-0.15, -0.1) is 0 Å². The summed E-state index contributed by atoms with van der Waals surface area (Å²) < 4.78 is 18.3. The number of primary amides is 1. The van der Waals surface area contributed by atoms with E-state index < -0.39 is 11.8 Å². The van der Waals surface area contributed by atoms with E-state index >= 15 is 0 Å². The Kier molecular flexibility index (Phi) is 3.38. The zero-order valence-electron chi connectivity index (χ0n) is 9.97. The van der Waals surface area contributed by atoms with Gasteiger partial charge < -0.3 is 10.5 Å². The van der Waals surface area contributed by atoms with Gasteiger partial charge in [-0.05, 0) is 36.0 Å². The van der Waals surface area contributed by atoms with Crippen molar-refractivity contribution in [3.05, 3.63) is 29.6 Å². The molecule has 0 aliphatic heterocycles. The molecular formula is C12H15FN2O3. The number of halogens is 1. The first-order chi connectivity index (χ1) is 8.52. The van der Waals surface area contributed by atoms with Gasteiger partial charge in [0, 0.05) is 0 Å². The number of methoxy groups -OCH3 is 1. The Morgan fingerprint density at radius 2 is 2.39 bits per heavy atom. The Labute approximate surface area is 104 Å². The average Bonchev–Trinajstić information content (AvgIpc) is 3.08. The van der Waals surface area contributed by atoms with Crippen LogP contribution in [0.5, 0.6) is 5.75 Å². The molecule has 2 atom stereocenters. The third-order valence-electron chi connectivity index (χ3n) is 3.19. The van der Waals surface area contributed by atoms with E-state index in [1.165, 1.54) is 13.2 Å². The van der Waals surface area contributed by atoms with Crippen molar-refractivity contribution in [3.8, 4) is 5.75 Å².